The van der Waals surface area contributed by atoms with Gasteiger partial charge in [0.2, 0.25) is 11.7 Å². The van der Waals surface area contributed by atoms with Crippen molar-refractivity contribution in [1.82, 2.24) is 20.4 Å². The molecule has 1 fully saturated rings. The van der Waals surface area contributed by atoms with Crippen molar-refractivity contribution in [2.45, 2.75) is 32.9 Å². The highest BCUT2D eigenvalue weighted by Gasteiger charge is 2.30. The molecular weight excluding hydrogens is 264 g/mol. The van der Waals surface area contributed by atoms with Crippen LogP contribution in [-0.4, -0.2) is 40.2 Å². The van der Waals surface area contributed by atoms with Gasteiger partial charge in [-0.15, -0.1) is 0 Å². The SMILES string of the molecule is Cc1ccc(-c2noc(CN3CCNCC3(C)C)n2)cc1. The first-order valence-electron chi connectivity index (χ1n) is 7.40. The van der Waals surface area contributed by atoms with Gasteiger partial charge < -0.3 is 9.84 Å². The molecule has 0 aliphatic carbocycles. The van der Waals surface area contributed by atoms with Gasteiger partial charge in [-0.05, 0) is 20.8 Å². The summed E-state index contributed by atoms with van der Waals surface area (Å²) in [4.78, 5) is 6.91. The molecule has 112 valence electrons. The molecule has 0 radical (unpaired) electrons. The lowest BCUT2D eigenvalue weighted by atomic mass is 10.0. The fourth-order valence-corrected chi connectivity index (χ4v) is 2.62. The highest BCUT2D eigenvalue weighted by atomic mass is 16.5. The highest BCUT2D eigenvalue weighted by Crippen LogP contribution is 2.21. The summed E-state index contributed by atoms with van der Waals surface area (Å²) in [5, 5.41) is 7.52. The lowest BCUT2D eigenvalue weighted by Crippen LogP contribution is -2.57. The first-order chi connectivity index (χ1) is 10.0. The molecule has 0 amide bonds. The molecule has 0 bridgehead atoms. The first-order valence-corrected chi connectivity index (χ1v) is 7.40. The Morgan fingerprint density at radius 2 is 2.05 bits per heavy atom. The van der Waals surface area contributed by atoms with Gasteiger partial charge in [-0.1, -0.05) is 35.0 Å². The number of hydrogen-bond donors (Lipinski definition) is 1. The summed E-state index contributed by atoms with van der Waals surface area (Å²) in [5.41, 5.74) is 2.33. The first kappa shape index (κ1) is 14.2. The van der Waals surface area contributed by atoms with Crippen molar-refractivity contribution in [3.63, 3.8) is 0 Å². The topological polar surface area (TPSA) is 54.2 Å². The van der Waals surface area contributed by atoms with Crippen LogP contribution in [0.5, 0.6) is 0 Å². The monoisotopic (exact) mass is 286 g/mol. The van der Waals surface area contributed by atoms with Crippen LogP contribution in [0.1, 0.15) is 25.3 Å². The zero-order valence-electron chi connectivity index (χ0n) is 12.9. The summed E-state index contributed by atoms with van der Waals surface area (Å²) in [6.45, 7) is 10.2. The van der Waals surface area contributed by atoms with Gasteiger partial charge in [0.15, 0.2) is 0 Å². The van der Waals surface area contributed by atoms with Crippen LogP contribution in [0.2, 0.25) is 0 Å². The average molecular weight is 286 g/mol. The van der Waals surface area contributed by atoms with Gasteiger partial charge in [-0.2, -0.15) is 4.98 Å². The smallest absolute Gasteiger partial charge is 0.241 e. The van der Waals surface area contributed by atoms with Gasteiger partial charge >= 0.3 is 0 Å². The predicted octanol–water partition coefficient (Wildman–Crippen LogP) is 2.23. The molecule has 1 aromatic heterocycles. The van der Waals surface area contributed by atoms with E-state index in [1.165, 1.54) is 5.56 Å². The molecule has 0 saturated carbocycles. The molecule has 5 nitrogen and oxygen atoms in total. The van der Waals surface area contributed by atoms with Crippen LogP contribution in [0, 0.1) is 6.92 Å². The summed E-state index contributed by atoms with van der Waals surface area (Å²) >= 11 is 0. The number of nitrogens with zero attached hydrogens (tertiary/aromatic N) is 3. The molecule has 5 heteroatoms. The molecule has 1 aromatic carbocycles. The third-order valence-corrected chi connectivity index (χ3v) is 4.08. The van der Waals surface area contributed by atoms with E-state index in [0.717, 1.165) is 25.2 Å². The van der Waals surface area contributed by atoms with E-state index in [4.69, 9.17) is 4.52 Å². The second-order valence-corrected chi connectivity index (χ2v) is 6.29. The third-order valence-electron chi connectivity index (χ3n) is 4.08. The normalized spacial score (nSPS) is 18.8. The van der Waals surface area contributed by atoms with Crippen LogP contribution >= 0.6 is 0 Å². The predicted molar refractivity (Wildman–Crippen MR) is 81.8 cm³/mol. The van der Waals surface area contributed by atoms with Gasteiger partial charge in [0.25, 0.3) is 0 Å². The fraction of sp³-hybridized carbons (Fsp3) is 0.500. The van der Waals surface area contributed by atoms with E-state index in [1.54, 1.807) is 0 Å². The second kappa shape index (κ2) is 5.58. The van der Waals surface area contributed by atoms with Gasteiger partial charge in [0.05, 0.1) is 6.54 Å². The Bertz CT molecular complexity index is 603. The van der Waals surface area contributed by atoms with Gasteiger partial charge in [-0.3, -0.25) is 4.90 Å². The summed E-state index contributed by atoms with van der Waals surface area (Å²) in [6, 6.07) is 8.17. The van der Waals surface area contributed by atoms with Gasteiger partial charge in [-0.25, -0.2) is 0 Å². The number of piperazine rings is 1. The van der Waals surface area contributed by atoms with Crippen molar-refractivity contribution in [1.29, 1.82) is 0 Å². The van der Waals surface area contributed by atoms with Crippen LogP contribution < -0.4 is 5.32 Å². The molecule has 1 N–H and O–H groups in total. The van der Waals surface area contributed by atoms with Gasteiger partial charge in [0, 0.05) is 30.7 Å². The van der Waals surface area contributed by atoms with E-state index < -0.39 is 0 Å². The lowest BCUT2D eigenvalue weighted by molar-refractivity contribution is 0.0711. The summed E-state index contributed by atoms with van der Waals surface area (Å²) in [6.07, 6.45) is 0. The molecule has 0 atom stereocenters. The van der Waals surface area contributed by atoms with Crippen molar-refractivity contribution in [3.8, 4) is 11.4 Å². The van der Waals surface area contributed by atoms with Crippen LogP contribution in [0.25, 0.3) is 11.4 Å². The Hall–Kier alpha value is -1.72. The summed E-state index contributed by atoms with van der Waals surface area (Å²) in [5.74, 6) is 1.35. The van der Waals surface area contributed by atoms with Crippen molar-refractivity contribution >= 4 is 0 Å². The Labute approximate surface area is 125 Å². The molecule has 0 spiro atoms. The van der Waals surface area contributed by atoms with Crippen LogP contribution in [0.3, 0.4) is 0 Å². The fourth-order valence-electron chi connectivity index (χ4n) is 2.62. The molecular formula is C16H22N4O. The molecule has 2 aromatic rings. The van der Waals surface area contributed by atoms with Crippen LogP contribution in [0.4, 0.5) is 0 Å². The molecule has 1 aliphatic heterocycles. The zero-order chi connectivity index (χ0) is 14.9. The maximum atomic E-state index is 5.42. The van der Waals surface area contributed by atoms with Crippen LogP contribution in [0.15, 0.2) is 28.8 Å². The van der Waals surface area contributed by atoms with Crippen LogP contribution in [-0.2, 0) is 6.54 Å². The maximum Gasteiger partial charge on any atom is 0.241 e. The van der Waals surface area contributed by atoms with Crippen molar-refractivity contribution in [2.75, 3.05) is 19.6 Å². The Balaban J connectivity index is 1.74. The second-order valence-electron chi connectivity index (χ2n) is 6.29. The number of aryl methyl sites for hydroxylation is 1. The number of rotatable bonds is 3. The molecule has 1 saturated heterocycles. The number of nitrogens with one attached hydrogen (secondary N) is 1. The number of benzene rings is 1. The molecule has 3 rings (SSSR count). The lowest BCUT2D eigenvalue weighted by Gasteiger charge is -2.41. The number of hydrogen-bond acceptors (Lipinski definition) is 5. The molecule has 2 heterocycles. The van der Waals surface area contributed by atoms with Crippen molar-refractivity contribution in [2.24, 2.45) is 0 Å². The Kier molecular flexibility index (Phi) is 3.78. The standard InChI is InChI=1S/C16H22N4O/c1-12-4-6-13(7-5-12)15-18-14(21-19-15)10-20-9-8-17-11-16(20,2)3/h4-7,17H,8-11H2,1-3H3. The van der Waals surface area contributed by atoms with Gasteiger partial charge in [0.1, 0.15) is 0 Å². The van der Waals surface area contributed by atoms with E-state index >= 15 is 0 Å². The average Bonchev–Trinajstić information content (AvgIpc) is 2.90. The Morgan fingerprint density at radius 3 is 2.76 bits per heavy atom. The summed E-state index contributed by atoms with van der Waals surface area (Å²) < 4.78 is 5.42. The minimum Gasteiger partial charge on any atom is -0.338 e. The zero-order valence-corrected chi connectivity index (χ0v) is 12.9. The third kappa shape index (κ3) is 3.14. The minimum atomic E-state index is 0.108. The van der Waals surface area contributed by atoms with Crippen molar-refractivity contribution in [3.05, 3.63) is 35.7 Å². The highest BCUT2D eigenvalue weighted by molar-refractivity contribution is 5.54. The molecule has 1 aliphatic rings. The minimum absolute atomic E-state index is 0.108. The molecule has 0 unspecified atom stereocenters. The van der Waals surface area contributed by atoms with E-state index in [9.17, 15) is 0 Å². The van der Waals surface area contributed by atoms with E-state index in [-0.39, 0.29) is 5.54 Å². The van der Waals surface area contributed by atoms with Crippen molar-refractivity contribution < 1.29 is 4.52 Å². The quantitative estimate of drug-likeness (QED) is 0.937. The van der Waals surface area contributed by atoms with E-state index in [0.29, 0.717) is 18.3 Å². The van der Waals surface area contributed by atoms with E-state index in [1.807, 2.05) is 12.1 Å². The number of aromatic nitrogens is 2. The molecule has 21 heavy (non-hydrogen) atoms. The largest absolute Gasteiger partial charge is 0.338 e. The maximum absolute atomic E-state index is 5.42. The van der Waals surface area contributed by atoms with E-state index in [2.05, 4.69) is 53.3 Å². The Morgan fingerprint density at radius 1 is 1.29 bits per heavy atom. The summed E-state index contributed by atoms with van der Waals surface area (Å²) in [7, 11) is 0.